The van der Waals surface area contributed by atoms with Crippen molar-refractivity contribution in [3.63, 3.8) is 0 Å². The molecular formula is C26H23N3O5. The number of hydrogen-bond donors (Lipinski definition) is 1. The van der Waals surface area contributed by atoms with Crippen LogP contribution in [0, 0.1) is 0 Å². The van der Waals surface area contributed by atoms with Gasteiger partial charge in [0.1, 0.15) is 0 Å². The standard InChI is InChI=1S/C26H23N3O5/c1-28-21-9-8-19(24(30)27-15-18-7-10-22-23(13-18)34-16-33-22)14-20(21)25(31)29(26(28)32)12-11-17-5-3-2-4-6-17/h2-10,13-14H,11-12,15-16H2,1H3,(H,27,30). The molecule has 0 saturated heterocycles. The van der Waals surface area contributed by atoms with Crippen molar-refractivity contribution in [2.24, 2.45) is 7.05 Å². The van der Waals surface area contributed by atoms with E-state index in [2.05, 4.69) is 5.32 Å². The lowest BCUT2D eigenvalue weighted by Crippen LogP contribution is -2.39. The summed E-state index contributed by atoms with van der Waals surface area (Å²) in [5.41, 5.74) is 1.95. The summed E-state index contributed by atoms with van der Waals surface area (Å²) in [6.07, 6.45) is 0.553. The van der Waals surface area contributed by atoms with E-state index in [1.54, 1.807) is 31.3 Å². The molecule has 0 bridgehead atoms. The summed E-state index contributed by atoms with van der Waals surface area (Å²) in [4.78, 5) is 38.8. The first kappa shape index (κ1) is 21.5. The number of aromatic nitrogens is 2. The number of ether oxygens (including phenoxy) is 2. The number of aryl methyl sites for hydroxylation is 2. The van der Waals surface area contributed by atoms with Gasteiger partial charge in [0, 0.05) is 25.7 Å². The maximum Gasteiger partial charge on any atom is 0.331 e. The molecule has 8 nitrogen and oxygen atoms in total. The van der Waals surface area contributed by atoms with Crippen molar-refractivity contribution in [2.45, 2.75) is 19.5 Å². The van der Waals surface area contributed by atoms with Crippen LogP contribution in [0.15, 0.2) is 76.3 Å². The number of nitrogens with zero attached hydrogens (tertiary/aromatic N) is 2. The molecule has 1 aliphatic rings. The first-order valence-electron chi connectivity index (χ1n) is 11.0. The van der Waals surface area contributed by atoms with Gasteiger partial charge in [-0.05, 0) is 47.9 Å². The van der Waals surface area contributed by atoms with Gasteiger partial charge in [0.05, 0.1) is 10.9 Å². The van der Waals surface area contributed by atoms with Crippen molar-refractivity contribution < 1.29 is 14.3 Å². The summed E-state index contributed by atoms with van der Waals surface area (Å²) in [5, 5.41) is 3.19. The number of nitrogens with one attached hydrogen (secondary N) is 1. The Morgan fingerprint density at radius 3 is 2.56 bits per heavy atom. The lowest BCUT2D eigenvalue weighted by molar-refractivity contribution is 0.0951. The van der Waals surface area contributed by atoms with E-state index in [0.717, 1.165) is 11.1 Å². The molecule has 0 saturated carbocycles. The Morgan fingerprint density at radius 2 is 1.74 bits per heavy atom. The molecule has 172 valence electrons. The predicted molar refractivity (Wildman–Crippen MR) is 127 cm³/mol. The van der Waals surface area contributed by atoms with Crippen LogP contribution in [0.1, 0.15) is 21.5 Å². The number of carbonyl (C=O) groups excluding carboxylic acids is 1. The number of carbonyl (C=O) groups is 1. The van der Waals surface area contributed by atoms with E-state index in [9.17, 15) is 14.4 Å². The van der Waals surface area contributed by atoms with Gasteiger partial charge in [-0.3, -0.25) is 18.7 Å². The van der Waals surface area contributed by atoms with Crippen molar-refractivity contribution in [1.29, 1.82) is 0 Å². The minimum atomic E-state index is -0.403. The number of fused-ring (bicyclic) bond motifs is 2. The molecule has 0 radical (unpaired) electrons. The van der Waals surface area contributed by atoms with Crippen LogP contribution in [0.3, 0.4) is 0 Å². The van der Waals surface area contributed by atoms with Gasteiger partial charge in [0.2, 0.25) is 6.79 Å². The van der Waals surface area contributed by atoms with E-state index in [4.69, 9.17) is 9.47 Å². The molecule has 0 atom stereocenters. The van der Waals surface area contributed by atoms with Gasteiger partial charge in [0.25, 0.3) is 11.5 Å². The molecule has 1 N–H and O–H groups in total. The normalized spacial score (nSPS) is 12.1. The minimum absolute atomic E-state index is 0.188. The van der Waals surface area contributed by atoms with Crippen LogP contribution in [-0.2, 0) is 26.6 Å². The van der Waals surface area contributed by atoms with E-state index < -0.39 is 5.56 Å². The largest absolute Gasteiger partial charge is 0.454 e. The van der Waals surface area contributed by atoms with E-state index in [-0.39, 0.29) is 24.9 Å². The SMILES string of the molecule is Cn1c(=O)n(CCc2ccccc2)c(=O)c2cc(C(=O)NCc3ccc4c(c3)OCO4)ccc21. The molecular weight excluding hydrogens is 434 g/mol. The molecule has 1 aliphatic heterocycles. The first-order chi connectivity index (χ1) is 16.5. The summed E-state index contributed by atoms with van der Waals surface area (Å²) in [7, 11) is 1.63. The Labute approximate surface area is 195 Å². The fraction of sp³-hybridized carbons (Fsp3) is 0.192. The van der Waals surface area contributed by atoms with Crippen LogP contribution in [0.25, 0.3) is 10.9 Å². The average molecular weight is 457 g/mol. The molecule has 3 aromatic carbocycles. The summed E-state index contributed by atoms with van der Waals surface area (Å²) < 4.78 is 13.3. The maximum absolute atomic E-state index is 13.2. The van der Waals surface area contributed by atoms with Crippen molar-refractivity contribution in [1.82, 2.24) is 14.5 Å². The Balaban J connectivity index is 1.39. The zero-order valence-electron chi connectivity index (χ0n) is 18.6. The highest BCUT2D eigenvalue weighted by Crippen LogP contribution is 2.32. The van der Waals surface area contributed by atoms with Gasteiger partial charge in [0.15, 0.2) is 11.5 Å². The van der Waals surface area contributed by atoms with Crippen molar-refractivity contribution in [3.05, 3.63) is 104 Å². The first-order valence-corrected chi connectivity index (χ1v) is 11.0. The molecule has 0 fully saturated rings. The third kappa shape index (κ3) is 4.05. The number of benzene rings is 3. The lowest BCUT2D eigenvalue weighted by Gasteiger charge is -2.12. The van der Waals surface area contributed by atoms with Gasteiger partial charge in [-0.15, -0.1) is 0 Å². The average Bonchev–Trinajstić information content (AvgIpc) is 3.34. The molecule has 8 heteroatoms. The van der Waals surface area contributed by atoms with E-state index >= 15 is 0 Å². The van der Waals surface area contributed by atoms with Crippen LogP contribution in [-0.4, -0.2) is 21.8 Å². The Hall–Kier alpha value is -4.33. The topological polar surface area (TPSA) is 91.6 Å². The van der Waals surface area contributed by atoms with Gasteiger partial charge < -0.3 is 14.8 Å². The highest BCUT2D eigenvalue weighted by molar-refractivity contribution is 5.97. The van der Waals surface area contributed by atoms with Crippen LogP contribution in [0.5, 0.6) is 11.5 Å². The van der Waals surface area contributed by atoms with E-state index in [1.165, 1.54) is 9.13 Å². The lowest BCUT2D eigenvalue weighted by atomic mass is 10.1. The predicted octanol–water partition coefficient (Wildman–Crippen LogP) is 2.60. The van der Waals surface area contributed by atoms with E-state index in [0.29, 0.717) is 40.9 Å². The summed E-state index contributed by atoms with van der Waals surface area (Å²) in [6, 6.07) is 20.0. The Kier molecular flexibility index (Phi) is 5.63. The fourth-order valence-electron chi connectivity index (χ4n) is 4.08. The van der Waals surface area contributed by atoms with Crippen molar-refractivity contribution in [2.75, 3.05) is 6.79 Å². The van der Waals surface area contributed by atoms with Gasteiger partial charge in [-0.1, -0.05) is 36.4 Å². The zero-order chi connectivity index (χ0) is 23.7. The monoisotopic (exact) mass is 457 g/mol. The Bertz CT molecular complexity index is 1510. The van der Waals surface area contributed by atoms with Crippen LogP contribution in [0.4, 0.5) is 0 Å². The smallest absolute Gasteiger partial charge is 0.331 e. The zero-order valence-corrected chi connectivity index (χ0v) is 18.6. The Morgan fingerprint density at radius 1 is 0.941 bits per heavy atom. The van der Waals surface area contributed by atoms with Crippen molar-refractivity contribution >= 4 is 16.8 Å². The molecule has 34 heavy (non-hydrogen) atoms. The maximum atomic E-state index is 13.2. The molecule has 5 rings (SSSR count). The second kappa shape index (κ2) is 8.90. The quantitative estimate of drug-likeness (QED) is 0.481. The van der Waals surface area contributed by atoms with Crippen molar-refractivity contribution in [3.8, 4) is 11.5 Å². The number of rotatable bonds is 6. The van der Waals surface area contributed by atoms with Gasteiger partial charge in [-0.2, -0.15) is 0 Å². The van der Waals surface area contributed by atoms with Crippen LogP contribution >= 0.6 is 0 Å². The highest BCUT2D eigenvalue weighted by Gasteiger charge is 2.16. The fourth-order valence-corrected chi connectivity index (χ4v) is 4.08. The second-order valence-corrected chi connectivity index (χ2v) is 8.14. The molecule has 0 unspecified atom stereocenters. The van der Waals surface area contributed by atoms with Crippen LogP contribution < -0.4 is 26.0 Å². The molecule has 1 amide bonds. The summed E-state index contributed by atoms with van der Waals surface area (Å²) >= 11 is 0. The van der Waals surface area contributed by atoms with Crippen LogP contribution in [0.2, 0.25) is 0 Å². The molecule has 2 heterocycles. The third-order valence-electron chi connectivity index (χ3n) is 5.97. The number of amides is 1. The van der Waals surface area contributed by atoms with Gasteiger partial charge in [-0.25, -0.2) is 4.79 Å². The minimum Gasteiger partial charge on any atom is -0.454 e. The molecule has 4 aromatic rings. The molecule has 1 aromatic heterocycles. The molecule has 0 aliphatic carbocycles. The second-order valence-electron chi connectivity index (χ2n) is 8.14. The number of hydrogen-bond acceptors (Lipinski definition) is 5. The summed E-state index contributed by atoms with van der Waals surface area (Å²) in [5.74, 6) is 1.01. The molecule has 0 spiro atoms. The van der Waals surface area contributed by atoms with E-state index in [1.807, 2.05) is 42.5 Å². The van der Waals surface area contributed by atoms with Gasteiger partial charge >= 0.3 is 5.69 Å². The summed E-state index contributed by atoms with van der Waals surface area (Å²) in [6.45, 7) is 0.738. The third-order valence-corrected chi connectivity index (χ3v) is 5.97. The highest BCUT2D eigenvalue weighted by atomic mass is 16.7.